The number of piperidine rings is 1. The SMILES string of the molecule is CCOC1CCCN(C(=O)Nc2cnc3c(c2)c(C)nn3C)C1. The highest BCUT2D eigenvalue weighted by Crippen LogP contribution is 2.20. The summed E-state index contributed by atoms with van der Waals surface area (Å²) in [7, 11) is 1.86. The van der Waals surface area contributed by atoms with E-state index in [0.29, 0.717) is 18.8 Å². The molecule has 0 radical (unpaired) electrons. The van der Waals surface area contributed by atoms with Crippen LogP contribution >= 0.6 is 0 Å². The summed E-state index contributed by atoms with van der Waals surface area (Å²) in [6, 6.07) is 1.82. The topological polar surface area (TPSA) is 72.3 Å². The Kier molecular flexibility index (Phi) is 4.47. The van der Waals surface area contributed by atoms with E-state index in [2.05, 4.69) is 15.4 Å². The van der Waals surface area contributed by atoms with Crippen LogP contribution in [0.5, 0.6) is 0 Å². The average Bonchev–Trinajstić information content (AvgIpc) is 2.82. The standard InChI is InChI=1S/C16H23N5O2/c1-4-23-13-6-5-7-21(10-13)16(22)18-12-8-14-11(2)19-20(3)15(14)17-9-12/h8-9,13H,4-7,10H2,1-3H3,(H,18,22). The first kappa shape index (κ1) is 15.7. The van der Waals surface area contributed by atoms with Crippen LogP contribution in [-0.2, 0) is 11.8 Å². The van der Waals surface area contributed by atoms with Crippen LogP contribution in [0.3, 0.4) is 0 Å². The van der Waals surface area contributed by atoms with Gasteiger partial charge in [-0.3, -0.25) is 4.68 Å². The van der Waals surface area contributed by atoms with Crippen LogP contribution in [0.2, 0.25) is 0 Å². The van der Waals surface area contributed by atoms with Crippen molar-refractivity contribution < 1.29 is 9.53 Å². The number of nitrogens with zero attached hydrogens (tertiary/aromatic N) is 4. The number of nitrogens with one attached hydrogen (secondary N) is 1. The molecule has 7 heteroatoms. The Hall–Kier alpha value is -2.15. The Morgan fingerprint density at radius 3 is 3.13 bits per heavy atom. The number of hydrogen-bond acceptors (Lipinski definition) is 4. The van der Waals surface area contributed by atoms with Crippen molar-refractivity contribution in [2.24, 2.45) is 7.05 Å². The van der Waals surface area contributed by atoms with Crippen molar-refractivity contribution in [1.82, 2.24) is 19.7 Å². The number of anilines is 1. The number of likely N-dealkylation sites (tertiary alicyclic amines) is 1. The number of ether oxygens (including phenoxy) is 1. The van der Waals surface area contributed by atoms with Crippen LogP contribution in [0.25, 0.3) is 11.0 Å². The molecular formula is C16H23N5O2. The van der Waals surface area contributed by atoms with E-state index in [1.807, 2.05) is 31.9 Å². The van der Waals surface area contributed by atoms with Gasteiger partial charge in [-0.15, -0.1) is 0 Å². The summed E-state index contributed by atoms with van der Waals surface area (Å²) in [4.78, 5) is 18.7. The Morgan fingerprint density at radius 2 is 2.35 bits per heavy atom. The number of amides is 2. The largest absolute Gasteiger partial charge is 0.377 e. The van der Waals surface area contributed by atoms with E-state index in [-0.39, 0.29) is 12.1 Å². The molecule has 1 aliphatic rings. The molecule has 3 rings (SSSR count). The van der Waals surface area contributed by atoms with E-state index >= 15 is 0 Å². The van der Waals surface area contributed by atoms with E-state index < -0.39 is 0 Å². The fraction of sp³-hybridized carbons (Fsp3) is 0.562. The molecule has 0 aromatic carbocycles. The third kappa shape index (κ3) is 3.29. The lowest BCUT2D eigenvalue weighted by atomic mass is 10.1. The molecule has 1 unspecified atom stereocenters. The van der Waals surface area contributed by atoms with Crippen molar-refractivity contribution in [2.45, 2.75) is 32.8 Å². The highest BCUT2D eigenvalue weighted by molar-refractivity contribution is 5.92. The summed E-state index contributed by atoms with van der Waals surface area (Å²) < 4.78 is 7.39. The van der Waals surface area contributed by atoms with Gasteiger partial charge < -0.3 is 15.0 Å². The number of carbonyl (C=O) groups excluding carboxylic acids is 1. The second-order valence-corrected chi connectivity index (χ2v) is 5.90. The van der Waals surface area contributed by atoms with Gasteiger partial charge in [-0.05, 0) is 32.8 Å². The van der Waals surface area contributed by atoms with Gasteiger partial charge in [0.25, 0.3) is 0 Å². The maximum absolute atomic E-state index is 12.5. The highest BCUT2D eigenvalue weighted by Gasteiger charge is 2.24. The van der Waals surface area contributed by atoms with Crippen LogP contribution in [0.15, 0.2) is 12.3 Å². The van der Waals surface area contributed by atoms with Gasteiger partial charge in [-0.1, -0.05) is 0 Å². The number of fused-ring (bicyclic) bond motifs is 1. The first-order valence-corrected chi connectivity index (χ1v) is 8.05. The highest BCUT2D eigenvalue weighted by atomic mass is 16.5. The Balaban J connectivity index is 1.71. The predicted molar refractivity (Wildman–Crippen MR) is 88.5 cm³/mol. The van der Waals surface area contributed by atoms with Crippen LogP contribution in [0.1, 0.15) is 25.5 Å². The van der Waals surface area contributed by atoms with Crippen molar-refractivity contribution in [3.8, 4) is 0 Å². The number of rotatable bonds is 3. The molecule has 23 heavy (non-hydrogen) atoms. The first-order valence-electron chi connectivity index (χ1n) is 8.05. The van der Waals surface area contributed by atoms with Crippen LogP contribution in [0.4, 0.5) is 10.5 Å². The number of hydrogen-bond donors (Lipinski definition) is 1. The van der Waals surface area contributed by atoms with E-state index in [1.54, 1.807) is 10.9 Å². The molecule has 124 valence electrons. The molecule has 0 bridgehead atoms. The fourth-order valence-corrected chi connectivity index (χ4v) is 3.07. The average molecular weight is 317 g/mol. The van der Waals surface area contributed by atoms with Crippen molar-refractivity contribution >= 4 is 22.8 Å². The molecule has 1 atom stereocenters. The zero-order valence-electron chi connectivity index (χ0n) is 13.9. The van der Waals surface area contributed by atoms with E-state index in [1.165, 1.54) is 0 Å². The molecule has 0 saturated carbocycles. The zero-order valence-corrected chi connectivity index (χ0v) is 13.9. The van der Waals surface area contributed by atoms with Crippen LogP contribution in [-0.4, -0.2) is 51.5 Å². The minimum Gasteiger partial charge on any atom is -0.377 e. The number of aromatic nitrogens is 3. The minimum atomic E-state index is -0.0999. The van der Waals surface area contributed by atoms with Crippen LogP contribution < -0.4 is 5.32 Å². The Morgan fingerprint density at radius 1 is 1.52 bits per heavy atom. The Labute approximate surface area is 135 Å². The van der Waals surface area contributed by atoms with Crippen molar-refractivity contribution in [1.29, 1.82) is 0 Å². The Bertz CT molecular complexity index is 710. The monoisotopic (exact) mass is 317 g/mol. The summed E-state index contributed by atoms with van der Waals surface area (Å²) in [5.74, 6) is 0. The van der Waals surface area contributed by atoms with Gasteiger partial charge >= 0.3 is 6.03 Å². The summed E-state index contributed by atoms with van der Waals surface area (Å²) in [5.41, 5.74) is 2.41. The molecule has 1 N–H and O–H groups in total. The summed E-state index contributed by atoms with van der Waals surface area (Å²) in [5, 5.41) is 8.23. The number of aryl methyl sites for hydroxylation is 2. The lowest BCUT2D eigenvalue weighted by molar-refractivity contribution is 0.0181. The van der Waals surface area contributed by atoms with Gasteiger partial charge in [0.15, 0.2) is 5.65 Å². The second kappa shape index (κ2) is 6.54. The molecule has 1 aliphatic heterocycles. The molecule has 2 aromatic rings. The fourth-order valence-electron chi connectivity index (χ4n) is 3.07. The van der Waals surface area contributed by atoms with E-state index in [9.17, 15) is 4.79 Å². The van der Waals surface area contributed by atoms with Crippen molar-refractivity contribution in [3.05, 3.63) is 18.0 Å². The minimum absolute atomic E-state index is 0.0999. The first-order chi connectivity index (χ1) is 11.1. The molecular weight excluding hydrogens is 294 g/mol. The second-order valence-electron chi connectivity index (χ2n) is 5.90. The molecule has 1 fully saturated rings. The van der Waals surface area contributed by atoms with Gasteiger partial charge in [-0.25, -0.2) is 9.78 Å². The van der Waals surface area contributed by atoms with Crippen LogP contribution in [0, 0.1) is 6.92 Å². The molecule has 0 aliphatic carbocycles. The molecule has 1 saturated heterocycles. The van der Waals surface area contributed by atoms with Gasteiger partial charge in [0.2, 0.25) is 0 Å². The lowest BCUT2D eigenvalue weighted by Gasteiger charge is -2.32. The summed E-state index contributed by atoms with van der Waals surface area (Å²) in [6.07, 6.45) is 3.79. The van der Waals surface area contributed by atoms with Gasteiger partial charge in [0.05, 0.1) is 23.7 Å². The lowest BCUT2D eigenvalue weighted by Crippen LogP contribution is -2.45. The van der Waals surface area contributed by atoms with Gasteiger partial charge in [0.1, 0.15) is 0 Å². The summed E-state index contributed by atoms with van der Waals surface area (Å²) in [6.45, 7) is 6.00. The third-order valence-corrected chi connectivity index (χ3v) is 4.18. The summed E-state index contributed by atoms with van der Waals surface area (Å²) >= 11 is 0. The maximum Gasteiger partial charge on any atom is 0.321 e. The van der Waals surface area contributed by atoms with E-state index in [4.69, 9.17) is 4.74 Å². The number of urea groups is 1. The number of pyridine rings is 1. The van der Waals surface area contributed by atoms with E-state index in [0.717, 1.165) is 36.1 Å². The van der Waals surface area contributed by atoms with Gasteiger partial charge in [0, 0.05) is 32.1 Å². The molecule has 3 heterocycles. The molecule has 0 spiro atoms. The maximum atomic E-state index is 12.5. The molecule has 7 nitrogen and oxygen atoms in total. The zero-order chi connectivity index (χ0) is 16.4. The van der Waals surface area contributed by atoms with Crippen molar-refractivity contribution in [3.63, 3.8) is 0 Å². The quantitative estimate of drug-likeness (QED) is 0.943. The third-order valence-electron chi connectivity index (χ3n) is 4.18. The normalized spacial score (nSPS) is 18.4. The number of carbonyl (C=O) groups is 1. The predicted octanol–water partition coefficient (Wildman–Crippen LogP) is 2.31. The smallest absolute Gasteiger partial charge is 0.321 e. The molecule has 2 amide bonds. The van der Waals surface area contributed by atoms with Gasteiger partial charge in [-0.2, -0.15) is 5.10 Å². The van der Waals surface area contributed by atoms with Crippen molar-refractivity contribution in [2.75, 3.05) is 25.0 Å². The molecule has 2 aromatic heterocycles.